The smallest absolute Gasteiger partial charge is 0.335 e. The Morgan fingerprint density at radius 1 is 1.06 bits per heavy atom. The van der Waals surface area contributed by atoms with Crippen molar-refractivity contribution in [1.82, 2.24) is 19.7 Å². The van der Waals surface area contributed by atoms with E-state index in [1.165, 1.54) is 6.33 Å². The highest BCUT2D eigenvalue weighted by molar-refractivity contribution is 6.84. The Bertz CT molecular complexity index is 1090. The van der Waals surface area contributed by atoms with Gasteiger partial charge in [0.25, 0.3) is 0 Å². The number of ether oxygens (including phenoxy) is 1. The molecule has 2 aliphatic rings. The molecule has 4 atom stereocenters. The molecule has 4 heterocycles. The average Bonchev–Trinajstić information content (AvgIpc) is 3.31. The van der Waals surface area contributed by atoms with Crippen LogP contribution in [-0.4, -0.2) is 66.9 Å². The summed E-state index contributed by atoms with van der Waals surface area (Å²) in [7, 11) is -5.61. The molecule has 4 rings (SSSR count). The first-order valence-electron chi connectivity index (χ1n) is 12.9. The topological polar surface area (TPSA) is 127 Å². The van der Waals surface area contributed by atoms with Crippen molar-refractivity contribution >= 4 is 40.0 Å². The maximum Gasteiger partial charge on any atom is 0.335 e. The summed E-state index contributed by atoms with van der Waals surface area (Å²) in [5.41, 5.74) is 7.83. The van der Waals surface area contributed by atoms with Crippen LogP contribution in [0, 0.1) is 0 Å². The third-order valence-electron chi connectivity index (χ3n) is 7.62. The first-order valence-corrected chi connectivity index (χ1v) is 16.8. The molecule has 0 saturated carbocycles. The van der Waals surface area contributed by atoms with Crippen LogP contribution in [0.2, 0.25) is 22.2 Å². The van der Waals surface area contributed by atoms with E-state index < -0.39 is 41.7 Å². The van der Waals surface area contributed by atoms with Gasteiger partial charge in [0.1, 0.15) is 30.5 Å². The van der Waals surface area contributed by atoms with Crippen LogP contribution in [0.4, 0.5) is 5.82 Å². The summed E-state index contributed by atoms with van der Waals surface area (Å²) < 4.78 is 29.0. The number of hydrogen-bond donors (Lipinski definition) is 2. The fourth-order valence-electron chi connectivity index (χ4n) is 5.68. The third-order valence-corrected chi connectivity index (χ3v) is 17.9. The Kier molecular flexibility index (Phi) is 7.52. The van der Waals surface area contributed by atoms with Gasteiger partial charge in [-0.3, -0.25) is 0 Å². The maximum absolute atomic E-state index is 11.6. The van der Waals surface area contributed by atoms with Crippen molar-refractivity contribution in [1.29, 1.82) is 0 Å². The van der Waals surface area contributed by atoms with E-state index in [2.05, 4.69) is 77.0 Å². The molecule has 0 unspecified atom stereocenters. The number of nitrogen functional groups attached to an aromatic ring is 1. The number of hydrogen-bond acceptors (Lipinski definition) is 9. The molecule has 10 nitrogen and oxygen atoms in total. The molecule has 0 bridgehead atoms. The number of fused-ring (bicyclic) bond motifs is 2. The Hall–Kier alpha value is -1.68. The molecule has 2 aromatic rings. The number of aliphatic hydroxyl groups is 1. The number of nitrogens with two attached hydrogens (primary N) is 1. The molecule has 0 amide bonds. The summed E-state index contributed by atoms with van der Waals surface area (Å²) in [5, 5.41) is 16.8. The van der Waals surface area contributed by atoms with E-state index in [0.717, 1.165) is 0 Å². The van der Waals surface area contributed by atoms with Gasteiger partial charge in [-0.25, -0.2) is 14.6 Å². The quantitative estimate of drug-likeness (QED) is 0.521. The summed E-state index contributed by atoms with van der Waals surface area (Å²) in [4.78, 5) is 8.48. The summed E-state index contributed by atoms with van der Waals surface area (Å²) >= 11 is 0. The van der Waals surface area contributed by atoms with Crippen LogP contribution in [0.1, 0.15) is 67.3 Å². The number of rotatable bonds is 6. The lowest BCUT2D eigenvalue weighted by atomic mass is 10.1. The van der Waals surface area contributed by atoms with Gasteiger partial charge in [0.2, 0.25) is 0 Å². The second kappa shape index (κ2) is 9.89. The van der Waals surface area contributed by atoms with Crippen LogP contribution in [0.3, 0.4) is 0 Å². The largest absolute Gasteiger partial charge is 0.414 e. The Balaban J connectivity index is 1.81. The number of anilines is 1. The van der Waals surface area contributed by atoms with E-state index in [1.807, 2.05) is 0 Å². The summed E-state index contributed by atoms with van der Waals surface area (Å²) in [6, 6.07) is 0. The van der Waals surface area contributed by atoms with Gasteiger partial charge in [0.15, 0.2) is 11.9 Å². The molecule has 0 aliphatic carbocycles. The van der Waals surface area contributed by atoms with Crippen LogP contribution in [0.15, 0.2) is 12.9 Å². The fourth-order valence-corrected chi connectivity index (χ4v) is 16.9. The fraction of sp³-hybridized carbons (Fsp3) is 0.708. The van der Waals surface area contributed by atoms with Crippen molar-refractivity contribution in [2.45, 2.75) is 102 Å². The van der Waals surface area contributed by atoms with Crippen molar-refractivity contribution in [2.75, 3.05) is 12.3 Å². The van der Waals surface area contributed by atoms with Crippen molar-refractivity contribution in [2.24, 2.45) is 0 Å². The Morgan fingerprint density at radius 3 is 2.22 bits per heavy atom. The van der Waals surface area contributed by atoms with Gasteiger partial charge in [-0.1, -0.05) is 62.0 Å². The first-order chi connectivity index (χ1) is 16.9. The van der Waals surface area contributed by atoms with Crippen LogP contribution in [0.25, 0.3) is 17.1 Å². The van der Waals surface area contributed by atoms with Crippen molar-refractivity contribution in [3.05, 3.63) is 18.6 Å². The minimum absolute atomic E-state index is 0.140. The van der Waals surface area contributed by atoms with E-state index in [1.54, 1.807) is 10.8 Å². The molecular formula is C24H41N5O5Si2. The second-order valence-corrected chi connectivity index (χ2v) is 19.9. The van der Waals surface area contributed by atoms with Crippen LogP contribution in [-0.2, 0) is 17.7 Å². The lowest BCUT2D eigenvalue weighted by molar-refractivity contribution is -0.0614. The third kappa shape index (κ3) is 4.16. The number of aliphatic hydroxyl groups excluding tert-OH is 1. The van der Waals surface area contributed by atoms with E-state index in [9.17, 15) is 5.11 Å². The lowest BCUT2D eigenvalue weighted by Gasteiger charge is -2.51. The SMILES string of the molecule is C=Cc1nn([C@@H]2O[C@H]3CO[Si](C(C)C)(C(C)C)O[Si](C(C)C)(C(C)C)O[C@H]3[C@H]2O)c2ncnc(N)c12. The van der Waals surface area contributed by atoms with E-state index in [0.29, 0.717) is 22.5 Å². The number of aromatic nitrogens is 4. The molecule has 200 valence electrons. The van der Waals surface area contributed by atoms with Crippen molar-refractivity contribution < 1.29 is 22.8 Å². The molecule has 2 aliphatic heterocycles. The van der Waals surface area contributed by atoms with Gasteiger partial charge in [-0.05, 0) is 28.2 Å². The van der Waals surface area contributed by atoms with Gasteiger partial charge in [0, 0.05) is 0 Å². The van der Waals surface area contributed by atoms with Gasteiger partial charge in [0.05, 0.1) is 17.7 Å². The van der Waals surface area contributed by atoms with Gasteiger partial charge in [-0.2, -0.15) is 5.10 Å². The molecule has 0 aromatic carbocycles. The molecule has 2 saturated heterocycles. The van der Waals surface area contributed by atoms with E-state index in [4.69, 9.17) is 23.4 Å². The molecular weight excluding hydrogens is 494 g/mol. The summed E-state index contributed by atoms with van der Waals surface area (Å²) in [5.74, 6) is 0.295. The minimum atomic E-state index is -2.90. The first kappa shape index (κ1) is 27.4. The molecule has 2 aromatic heterocycles. The zero-order valence-corrected chi connectivity index (χ0v) is 24.6. The standard InChI is InChI=1S/C24H41N5O5Si2/c1-10-17-19-22(25)26-12-27-23(19)29(28-17)24-20(30)21-18(32-24)11-31-35(13(2)3,14(4)5)34-36(33-21,15(6)7)16(8)9/h10,12-16,18,20-21,24,30H,1,11H2,2-9H3,(H2,25,26,27)/t18-,20+,21+,24+/m0/s1. The van der Waals surface area contributed by atoms with Gasteiger partial charge < -0.3 is 28.5 Å². The number of nitrogens with zero attached hydrogens (tertiary/aromatic N) is 4. The van der Waals surface area contributed by atoms with Crippen molar-refractivity contribution in [3.8, 4) is 0 Å². The van der Waals surface area contributed by atoms with Crippen LogP contribution < -0.4 is 5.73 Å². The van der Waals surface area contributed by atoms with Crippen LogP contribution in [0.5, 0.6) is 0 Å². The second-order valence-electron chi connectivity index (χ2n) is 11.1. The average molecular weight is 536 g/mol. The highest BCUT2D eigenvalue weighted by Crippen LogP contribution is 2.48. The summed E-state index contributed by atoms with van der Waals surface area (Å²) in [6.45, 7) is 21.4. The maximum atomic E-state index is 11.6. The normalized spacial score (nSPS) is 28.1. The molecule has 2 fully saturated rings. The molecule has 12 heteroatoms. The molecule has 3 N–H and O–H groups in total. The predicted octanol–water partition coefficient (Wildman–Crippen LogP) is 4.27. The highest BCUT2D eigenvalue weighted by Gasteiger charge is 2.61. The zero-order chi connectivity index (χ0) is 26.6. The van der Waals surface area contributed by atoms with Gasteiger partial charge in [-0.15, -0.1) is 0 Å². The predicted molar refractivity (Wildman–Crippen MR) is 144 cm³/mol. The Labute approximate surface area is 215 Å². The zero-order valence-electron chi connectivity index (χ0n) is 22.6. The summed E-state index contributed by atoms with van der Waals surface area (Å²) in [6.07, 6.45) is -0.0155. The molecule has 36 heavy (non-hydrogen) atoms. The highest BCUT2D eigenvalue weighted by atomic mass is 28.5. The van der Waals surface area contributed by atoms with Crippen molar-refractivity contribution in [3.63, 3.8) is 0 Å². The lowest BCUT2D eigenvalue weighted by Crippen LogP contribution is -2.65. The Morgan fingerprint density at radius 2 is 1.67 bits per heavy atom. The van der Waals surface area contributed by atoms with E-state index >= 15 is 0 Å². The van der Waals surface area contributed by atoms with Gasteiger partial charge >= 0.3 is 17.1 Å². The van der Waals surface area contributed by atoms with Crippen LogP contribution >= 0.6 is 0 Å². The molecule has 0 spiro atoms. The molecule has 0 radical (unpaired) electrons. The monoisotopic (exact) mass is 535 g/mol. The van der Waals surface area contributed by atoms with E-state index in [-0.39, 0.29) is 28.8 Å². The minimum Gasteiger partial charge on any atom is -0.414 e.